The van der Waals surface area contributed by atoms with Crippen LogP contribution in [0.2, 0.25) is 5.02 Å². The van der Waals surface area contributed by atoms with E-state index < -0.39 is 41.0 Å². The van der Waals surface area contributed by atoms with Gasteiger partial charge in [0.25, 0.3) is 11.8 Å². The fourth-order valence-electron chi connectivity index (χ4n) is 5.17. The van der Waals surface area contributed by atoms with Crippen LogP contribution in [0, 0.1) is 5.92 Å². The molecule has 8 nitrogen and oxygen atoms in total. The van der Waals surface area contributed by atoms with Gasteiger partial charge in [0.15, 0.2) is 12.2 Å². The van der Waals surface area contributed by atoms with Crippen LogP contribution in [0.1, 0.15) is 53.6 Å². The molecule has 12 heteroatoms. The predicted molar refractivity (Wildman–Crippen MR) is 136 cm³/mol. The van der Waals surface area contributed by atoms with Crippen molar-refractivity contribution in [2.45, 2.75) is 43.9 Å². The van der Waals surface area contributed by atoms with Crippen molar-refractivity contribution in [2.75, 3.05) is 31.6 Å². The van der Waals surface area contributed by atoms with Gasteiger partial charge in [-0.05, 0) is 60.2 Å². The summed E-state index contributed by atoms with van der Waals surface area (Å²) in [4.78, 5) is 38.9. The van der Waals surface area contributed by atoms with Gasteiger partial charge >= 0.3 is 12.1 Å². The van der Waals surface area contributed by atoms with Crippen LogP contribution in [0.25, 0.3) is 0 Å². The van der Waals surface area contributed by atoms with E-state index in [1.165, 1.54) is 43.1 Å². The number of fused-ring (bicyclic) bond motifs is 1. The van der Waals surface area contributed by atoms with Crippen LogP contribution in [0.4, 0.5) is 18.9 Å². The van der Waals surface area contributed by atoms with Crippen LogP contribution in [0.15, 0.2) is 36.4 Å². The van der Waals surface area contributed by atoms with Crippen LogP contribution in [0.3, 0.4) is 0 Å². The first kappa shape index (κ1) is 28.7. The summed E-state index contributed by atoms with van der Waals surface area (Å²) in [6, 6.07) is 7.42. The van der Waals surface area contributed by atoms with Gasteiger partial charge in [-0.2, -0.15) is 13.2 Å². The number of piperidine rings is 1. The Morgan fingerprint density at radius 2 is 1.82 bits per heavy atom. The molecule has 2 aliphatic heterocycles. The fraction of sp³-hybridized carbons (Fsp3) is 0.444. The molecule has 0 bridgehead atoms. The topological polar surface area (TPSA) is 107 Å². The number of likely N-dealkylation sites (tertiary alicyclic amines) is 1. The molecule has 210 valence electrons. The maximum absolute atomic E-state index is 14.6. The number of carbonyl (C=O) groups is 3. The summed E-state index contributed by atoms with van der Waals surface area (Å²) >= 11 is 6.32. The SMILES string of the molecule is CC(c1cc(C(=O)N2CCC(CC(=O)O)CC2)ccc1Cl)C(O)(c1ccc2c(c1)N(C)C(=O)CO2)C(F)(F)F. The van der Waals surface area contributed by atoms with E-state index in [-0.39, 0.29) is 46.5 Å². The average molecular weight is 569 g/mol. The van der Waals surface area contributed by atoms with E-state index >= 15 is 0 Å². The predicted octanol–water partition coefficient (Wildman–Crippen LogP) is 4.58. The lowest BCUT2D eigenvalue weighted by molar-refractivity contribution is -0.274. The molecule has 39 heavy (non-hydrogen) atoms. The molecule has 2 unspecified atom stereocenters. The molecule has 1 saturated heterocycles. The minimum Gasteiger partial charge on any atom is -0.482 e. The molecule has 2 heterocycles. The first-order valence-electron chi connectivity index (χ1n) is 12.4. The number of nitrogens with zero attached hydrogens (tertiary/aromatic N) is 2. The van der Waals surface area contributed by atoms with Crippen molar-refractivity contribution in [1.29, 1.82) is 0 Å². The zero-order valence-electron chi connectivity index (χ0n) is 21.3. The summed E-state index contributed by atoms with van der Waals surface area (Å²) in [6.07, 6.45) is -4.14. The molecule has 2 aliphatic rings. The van der Waals surface area contributed by atoms with Crippen LogP contribution in [0.5, 0.6) is 5.75 Å². The summed E-state index contributed by atoms with van der Waals surface area (Å²) in [6.45, 7) is 1.56. The number of amides is 2. The molecular formula is C27H28ClF3N2O6. The van der Waals surface area contributed by atoms with Crippen LogP contribution < -0.4 is 9.64 Å². The van der Waals surface area contributed by atoms with Gasteiger partial charge in [0, 0.05) is 43.1 Å². The normalized spacial score (nSPS) is 18.7. The van der Waals surface area contributed by atoms with E-state index in [0.717, 1.165) is 17.0 Å². The molecule has 1 fully saturated rings. The van der Waals surface area contributed by atoms with Crippen molar-refractivity contribution in [2.24, 2.45) is 5.92 Å². The van der Waals surface area contributed by atoms with E-state index in [1.807, 2.05) is 0 Å². The van der Waals surface area contributed by atoms with Crippen molar-refractivity contribution >= 4 is 35.1 Å². The number of rotatable bonds is 6. The van der Waals surface area contributed by atoms with Crippen LogP contribution in [-0.4, -0.2) is 65.8 Å². The van der Waals surface area contributed by atoms with Crippen molar-refractivity contribution < 1.29 is 42.5 Å². The number of ether oxygens (including phenoxy) is 1. The Morgan fingerprint density at radius 3 is 2.44 bits per heavy atom. The van der Waals surface area contributed by atoms with E-state index in [4.69, 9.17) is 21.4 Å². The number of anilines is 1. The summed E-state index contributed by atoms with van der Waals surface area (Å²) in [7, 11) is 1.40. The Morgan fingerprint density at radius 1 is 1.15 bits per heavy atom. The number of alkyl halides is 3. The fourth-order valence-corrected chi connectivity index (χ4v) is 5.45. The van der Waals surface area contributed by atoms with E-state index in [0.29, 0.717) is 25.9 Å². The number of hydrogen-bond donors (Lipinski definition) is 2. The van der Waals surface area contributed by atoms with Crippen molar-refractivity contribution in [1.82, 2.24) is 4.90 Å². The third-order valence-corrected chi connectivity index (χ3v) is 7.96. The first-order valence-corrected chi connectivity index (χ1v) is 12.7. The van der Waals surface area contributed by atoms with Gasteiger partial charge in [0.05, 0.1) is 5.69 Å². The maximum Gasteiger partial charge on any atom is 0.422 e. The molecule has 0 aliphatic carbocycles. The first-order chi connectivity index (χ1) is 18.2. The highest BCUT2D eigenvalue weighted by Crippen LogP contribution is 2.51. The largest absolute Gasteiger partial charge is 0.482 e. The molecule has 0 aromatic heterocycles. The number of carboxylic acid groups (broad SMARTS) is 1. The highest BCUT2D eigenvalue weighted by Gasteiger charge is 2.59. The second-order valence-electron chi connectivity index (χ2n) is 9.98. The number of hydrogen-bond acceptors (Lipinski definition) is 5. The molecular weight excluding hydrogens is 541 g/mol. The van der Waals surface area contributed by atoms with Crippen molar-refractivity contribution in [3.8, 4) is 5.75 Å². The van der Waals surface area contributed by atoms with E-state index in [1.54, 1.807) is 0 Å². The minimum absolute atomic E-state index is 0.0133. The van der Waals surface area contributed by atoms with Gasteiger partial charge in [-0.3, -0.25) is 14.4 Å². The lowest BCUT2D eigenvalue weighted by Gasteiger charge is -2.38. The van der Waals surface area contributed by atoms with Gasteiger partial charge in [-0.15, -0.1) is 0 Å². The molecule has 0 saturated carbocycles. The zero-order valence-corrected chi connectivity index (χ0v) is 22.1. The van der Waals surface area contributed by atoms with Gasteiger partial charge in [0.2, 0.25) is 0 Å². The van der Waals surface area contributed by atoms with Gasteiger partial charge in [-0.25, -0.2) is 0 Å². The molecule has 2 aromatic rings. The Hall–Kier alpha value is -3.31. The second-order valence-corrected chi connectivity index (χ2v) is 10.4. The number of carboxylic acids is 1. The van der Waals surface area contributed by atoms with Gasteiger partial charge < -0.3 is 24.7 Å². The minimum atomic E-state index is -5.16. The standard InChI is InChI=1S/C27H28ClF3N2O6/c1-15(26(38,27(29,30)31)18-4-6-22-21(13-18)32(2)23(34)14-39-22)19-12-17(3-5-20(19)28)25(37)33-9-7-16(8-10-33)11-24(35)36/h3-6,12-13,15-16,38H,7-11,14H2,1-2H3,(H,35,36). The summed E-state index contributed by atoms with van der Waals surface area (Å²) in [5, 5.41) is 20.3. The quantitative estimate of drug-likeness (QED) is 0.528. The highest BCUT2D eigenvalue weighted by molar-refractivity contribution is 6.31. The Kier molecular flexibility index (Phi) is 7.86. The number of halogens is 4. The number of benzene rings is 2. The molecule has 0 radical (unpaired) electrons. The smallest absolute Gasteiger partial charge is 0.422 e. The third-order valence-electron chi connectivity index (χ3n) is 7.62. The van der Waals surface area contributed by atoms with Crippen LogP contribution in [-0.2, 0) is 15.2 Å². The zero-order chi connectivity index (χ0) is 28.7. The number of aliphatic hydroxyl groups is 1. The third kappa shape index (κ3) is 5.42. The lowest BCUT2D eigenvalue weighted by atomic mass is 9.77. The van der Waals surface area contributed by atoms with Gasteiger partial charge in [0.1, 0.15) is 5.75 Å². The Balaban J connectivity index is 1.67. The molecule has 2 amide bonds. The number of aliphatic carboxylic acids is 1. The van der Waals surface area contributed by atoms with Crippen molar-refractivity contribution in [3.05, 3.63) is 58.1 Å². The molecule has 0 spiro atoms. The highest BCUT2D eigenvalue weighted by atomic mass is 35.5. The second kappa shape index (κ2) is 10.7. The van der Waals surface area contributed by atoms with Gasteiger partial charge in [-0.1, -0.05) is 24.6 Å². The number of carbonyl (C=O) groups excluding carboxylic acids is 2. The molecule has 4 rings (SSSR count). The maximum atomic E-state index is 14.6. The lowest BCUT2D eigenvalue weighted by Crippen LogP contribution is -2.47. The molecule has 2 atom stereocenters. The Labute approximate surface area is 227 Å². The Bertz CT molecular complexity index is 1290. The van der Waals surface area contributed by atoms with E-state index in [2.05, 4.69) is 0 Å². The summed E-state index contributed by atoms with van der Waals surface area (Å²) < 4.78 is 49.2. The number of likely N-dealkylation sites (N-methyl/N-ethyl adjacent to an activating group) is 1. The molecule has 2 N–H and O–H groups in total. The summed E-state index contributed by atoms with van der Waals surface area (Å²) in [5.41, 5.74) is -3.84. The van der Waals surface area contributed by atoms with E-state index in [9.17, 15) is 32.7 Å². The molecule has 2 aromatic carbocycles. The monoisotopic (exact) mass is 568 g/mol. The van der Waals surface area contributed by atoms with Crippen molar-refractivity contribution in [3.63, 3.8) is 0 Å². The van der Waals surface area contributed by atoms with Crippen LogP contribution >= 0.6 is 11.6 Å². The summed E-state index contributed by atoms with van der Waals surface area (Å²) in [5.74, 6) is -3.28. The average Bonchev–Trinajstić information content (AvgIpc) is 2.89.